The average Bonchev–Trinajstić information content (AvgIpc) is 2.93. The smallest absolute Gasteiger partial charge is 0.327 e. The molecule has 1 heterocycles. The maximum Gasteiger partial charge on any atom is 0.417 e. The number of anilines is 1. The third-order valence-corrected chi connectivity index (χ3v) is 4.20. The molecule has 132 valence electrons. The summed E-state index contributed by atoms with van der Waals surface area (Å²) in [6.45, 7) is 3.38. The van der Waals surface area contributed by atoms with E-state index in [-0.39, 0.29) is 40.7 Å². The molecule has 2 rings (SSSR count). The number of carbonyl (C=O) groups is 1. The van der Waals surface area contributed by atoms with Crippen LogP contribution in [0.2, 0.25) is 0 Å². The van der Waals surface area contributed by atoms with Crippen LogP contribution in [0, 0.1) is 5.92 Å². The van der Waals surface area contributed by atoms with E-state index in [0.717, 1.165) is 17.4 Å². The molecule has 0 aliphatic carbocycles. The number of carbonyl (C=O) groups excluding carboxylic acids is 1. The zero-order valence-corrected chi connectivity index (χ0v) is 14.6. The fourth-order valence-corrected chi connectivity index (χ4v) is 2.58. The summed E-state index contributed by atoms with van der Waals surface area (Å²) in [5.41, 5.74) is 5.05. The second-order valence-corrected chi connectivity index (χ2v) is 6.08. The highest BCUT2D eigenvalue weighted by Gasteiger charge is 2.33. The fourth-order valence-electron chi connectivity index (χ4n) is 1.87. The zero-order chi connectivity index (χ0) is 17.2. The summed E-state index contributed by atoms with van der Waals surface area (Å²) in [6, 6.07) is 4.87. The minimum Gasteiger partial charge on any atom is -0.327 e. The van der Waals surface area contributed by atoms with Crippen LogP contribution in [-0.4, -0.2) is 16.9 Å². The minimum absolute atomic E-state index is 0. The Kier molecular flexibility index (Phi) is 6.76. The molecule has 0 saturated heterocycles. The molecule has 9 heteroatoms. The van der Waals surface area contributed by atoms with Gasteiger partial charge in [0, 0.05) is 17.0 Å². The van der Waals surface area contributed by atoms with Gasteiger partial charge in [-0.3, -0.25) is 4.79 Å². The Morgan fingerprint density at radius 2 is 1.92 bits per heavy atom. The third kappa shape index (κ3) is 4.68. The molecular formula is C15H17ClF3N3OS. The summed E-state index contributed by atoms with van der Waals surface area (Å²) < 4.78 is 39.1. The number of halogens is 4. The first kappa shape index (κ1) is 20.4. The standard InChI is InChI=1S/C15H16F3N3OS.ClH/c1-8(9(2)19)13(22)21-14-20-12(7-23-14)10-5-3-4-6-11(10)15(16,17)18;/h3-9H,19H2,1-2H3,(H,20,21,22);1H. The number of nitrogens with zero attached hydrogens (tertiary/aromatic N) is 1. The van der Waals surface area contributed by atoms with Crippen molar-refractivity contribution in [2.75, 3.05) is 5.32 Å². The molecule has 3 N–H and O–H groups in total. The number of alkyl halides is 3. The van der Waals surface area contributed by atoms with Crippen molar-refractivity contribution in [3.63, 3.8) is 0 Å². The molecule has 1 amide bonds. The van der Waals surface area contributed by atoms with Gasteiger partial charge in [-0.25, -0.2) is 4.98 Å². The quantitative estimate of drug-likeness (QED) is 0.837. The predicted molar refractivity (Wildman–Crippen MR) is 91.2 cm³/mol. The van der Waals surface area contributed by atoms with Gasteiger partial charge in [0.25, 0.3) is 0 Å². The van der Waals surface area contributed by atoms with Gasteiger partial charge in [0.1, 0.15) is 0 Å². The summed E-state index contributed by atoms with van der Waals surface area (Å²) >= 11 is 1.07. The van der Waals surface area contributed by atoms with E-state index in [2.05, 4.69) is 10.3 Å². The number of aromatic nitrogens is 1. The number of hydrogen-bond acceptors (Lipinski definition) is 4. The van der Waals surface area contributed by atoms with Crippen LogP contribution in [0.4, 0.5) is 18.3 Å². The van der Waals surface area contributed by atoms with E-state index in [9.17, 15) is 18.0 Å². The van der Waals surface area contributed by atoms with Gasteiger partial charge in [-0.05, 0) is 13.0 Å². The van der Waals surface area contributed by atoms with Crippen LogP contribution >= 0.6 is 23.7 Å². The average molecular weight is 380 g/mol. The molecule has 24 heavy (non-hydrogen) atoms. The normalized spacial score (nSPS) is 13.8. The molecule has 4 nitrogen and oxygen atoms in total. The summed E-state index contributed by atoms with van der Waals surface area (Å²) in [5.74, 6) is -0.741. The molecule has 0 aliphatic heterocycles. The molecule has 2 unspecified atom stereocenters. The Labute approximate surface area is 147 Å². The molecule has 1 aromatic heterocycles. The lowest BCUT2D eigenvalue weighted by atomic mass is 10.0. The van der Waals surface area contributed by atoms with E-state index in [1.165, 1.54) is 23.6 Å². The van der Waals surface area contributed by atoms with Crippen molar-refractivity contribution in [3.05, 3.63) is 35.2 Å². The summed E-state index contributed by atoms with van der Waals surface area (Å²) in [5, 5.41) is 4.31. The van der Waals surface area contributed by atoms with E-state index in [4.69, 9.17) is 5.73 Å². The molecule has 2 atom stereocenters. The van der Waals surface area contributed by atoms with Gasteiger partial charge >= 0.3 is 6.18 Å². The first-order chi connectivity index (χ1) is 10.7. The lowest BCUT2D eigenvalue weighted by molar-refractivity contribution is -0.137. The van der Waals surface area contributed by atoms with Crippen molar-refractivity contribution in [2.24, 2.45) is 11.7 Å². The molecule has 0 spiro atoms. The number of nitrogens with one attached hydrogen (secondary N) is 1. The number of nitrogens with two attached hydrogens (primary N) is 1. The summed E-state index contributed by atoms with van der Waals surface area (Å²) in [4.78, 5) is 16.0. The van der Waals surface area contributed by atoms with Gasteiger partial charge in [0.15, 0.2) is 5.13 Å². The Hall–Kier alpha value is -1.64. The molecule has 0 saturated carbocycles. The van der Waals surface area contributed by atoms with Crippen molar-refractivity contribution in [1.29, 1.82) is 0 Å². The van der Waals surface area contributed by atoms with E-state index < -0.39 is 17.7 Å². The second-order valence-electron chi connectivity index (χ2n) is 5.22. The number of rotatable bonds is 4. The summed E-state index contributed by atoms with van der Waals surface area (Å²) in [6.07, 6.45) is -4.47. The molecule has 1 aromatic carbocycles. The van der Waals surface area contributed by atoms with Gasteiger partial charge in [-0.15, -0.1) is 23.7 Å². The first-order valence-electron chi connectivity index (χ1n) is 6.88. The Bertz CT molecular complexity index is 703. The molecule has 0 radical (unpaired) electrons. The van der Waals surface area contributed by atoms with Gasteiger partial charge in [-0.2, -0.15) is 13.2 Å². The molecular weight excluding hydrogens is 363 g/mol. The van der Waals surface area contributed by atoms with Crippen LogP contribution < -0.4 is 11.1 Å². The van der Waals surface area contributed by atoms with Crippen LogP contribution in [0.5, 0.6) is 0 Å². The molecule has 0 fully saturated rings. The molecule has 0 aliphatic rings. The molecule has 2 aromatic rings. The van der Waals surface area contributed by atoms with E-state index in [1.54, 1.807) is 13.8 Å². The number of hydrogen-bond donors (Lipinski definition) is 2. The fraction of sp³-hybridized carbons (Fsp3) is 0.333. The first-order valence-corrected chi connectivity index (χ1v) is 7.76. The largest absolute Gasteiger partial charge is 0.417 e. The second kappa shape index (κ2) is 7.96. The number of amides is 1. The van der Waals surface area contributed by atoms with Gasteiger partial charge in [0.2, 0.25) is 5.91 Å². The van der Waals surface area contributed by atoms with Crippen LogP contribution in [0.25, 0.3) is 11.3 Å². The van der Waals surface area contributed by atoms with Crippen molar-refractivity contribution >= 4 is 34.8 Å². The minimum atomic E-state index is -4.47. The Morgan fingerprint density at radius 3 is 2.50 bits per heavy atom. The van der Waals surface area contributed by atoms with Gasteiger partial charge in [0.05, 0.1) is 17.2 Å². The van der Waals surface area contributed by atoms with E-state index in [1.807, 2.05) is 0 Å². The van der Waals surface area contributed by atoms with Crippen molar-refractivity contribution < 1.29 is 18.0 Å². The van der Waals surface area contributed by atoms with Crippen molar-refractivity contribution in [2.45, 2.75) is 26.1 Å². The number of thiazole rings is 1. The van der Waals surface area contributed by atoms with Crippen LogP contribution in [0.3, 0.4) is 0 Å². The highest BCUT2D eigenvalue weighted by Crippen LogP contribution is 2.37. The van der Waals surface area contributed by atoms with Gasteiger partial charge in [-0.1, -0.05) is 25.1 Å². The molecule has 0 bridgehead atoms. The Balaban J connectivity index is 0.00000288. The van der Waals surface area contributed by atoms with E-state index >= 15 is 0 Å². The highest BCUT2D eigenvalue weighted by molar-refractivity contribution is 7.14. The van der Waals surface area contributed by atoms with Crippen LogP contribution in [0.1, 0.15) is 19.4 Å². The van der Waals surface area contributed by atoms with Gasteiger partial charge < -0.3 is 11.1 Å². The zero-order valence-electron chi connectivity index (χ0n) is 12.9. The topological polar surface area (TPSA) is 68.0 Å². The monoisotopic (exact) mass is 379 g/mol. The SMILES string of the molecule is CC(N)C(C)C(=O)Nc1nc(-c2ccccc2C(F)(F)F)cs1.Cl. The van der Waals surface area contributed by atoms with Crippen LogP contribution in [0.15, 0.2) is 29.6 Å². The Morgan fingerprint density at radius 1 is 1.29 bits per heavy atom. The summed E-state index contributed by atoms with van der Waals surface area (Å²) in [7, 11) is 0. The predicted octanol–water partition coefficient (Wildman–Crippen LogP) is 4.17. The lowest BCUT2D eigenvalue weighted by Crippen LogP contribution is -2.34. The lowest BCUT2D eigenvalue weighted by Gasteiger charge is -2.13. The number of benzene rings is 1. The third-order valence-electron chi connectivity index (χ3n) is 3.44. The highest BCUT2D eigenvalue weighted by atomic mass is 35.5. The maximum atomic E-state index is 13.0. The van der Waals surface area contributed by atoms with E-state index in [0.29, 0.717) is 0 Å². The maximum absolute atomic E-state index is 13.0. The van der Waals surface area contributed by atoms with Crippen molar-refractivity contribution in [1.82, 2.24) is 4.98 Å². The van der Waals surface area contributed by atoms with Crippen molar-refractivity contribution in [3.8, 4) is 11.3 Å². The van der Waals surface area contributed by atoms with Crippen LogP contribution in [-0.2, 0) is 11.0 Å².